The fourth-order valence-electron chi connectivity index (χ4n) is 1.06. The first kappa shape index (κ1) is 11.4. The van der Waals surface area contributed by atoms with Gasteiger partial charge in [0, 0.05) is 0 Å². The van der Waals surface area contributed by atoms with Gasteiger partial charge >= 0.3 is 6.01 Å². The summed E-state index contributed by atoms with van der Waals surface area (Å²) in [5, 5.41) is 6.00. The predicted molar refractivity (Wildman–Crippen MR) is 56.9 cm³/mol. The number of rotatable bonds is 5. The number of nitrogens with zero attached hydrogens (tertiary/aromatic N) is 3. The number of nitrogens with one attached hydrogen (secondary N) is 3. The van der Waals surface area contributed by atoms with Crippen LogP contribution in [0.1, 0.15) is 6.92 Å². The second-order valence-electron chi connectivity index (χ2n) is 2.92. The molecule has 0 saturated heterocycles. The lowest BCUT2D eigenvalue weighted by Crippen LogP contribution is -2.14. The number of anilines is 1. The van der Waals surface area contributed by atoms with Crippen LogP contribution in [0.4, 0.5) is 5.95 Å². The molecule has 0 saturated carbocycles. The monoisotopic (exact) mass is 258 g/mol. The summed E-state index contributed by atoms with van der Waals surface area (Å²) in [4.78, 5) is 9.88. The summed E-state index contributed by atoms with van der Waals surface area (Å²) in [7, 11) is -3.73. The van der Waals surface area contributed by atoms with E-state index >= 15 is 0 Å². The number of aromatic amines is 2. The van der Waals surface area contributed by atoms with Crippen molar-refractivity contribution in [1.82, 2.24) is 25.1 Å². The minimum absolute atomic E-state index is 0.0250. The Morgan fingerprint density at radius 3 is 3.00 bits per heavy atom. The van der Waals surface area contributed by atoms with Crippen molar-refractivity contribution in [1.29, 1.82) is 0 Å². The van der Waals surface area contributed by atoms with Crippen LogP contribution in [0.3, 0.4) is 0 Å². The number of hydrogen-bond donors (Lipinski definition) is 3. The van der Waals surface area contributed by atoms with Crippen LogP contribution in [0, 0.1) is 0 Å². The lowest BCUT2D eigenvalue weighted by Gasteiger charge is -2.00. The highest BCUT2D eigenvalue weighted by molar-refractivity contribution is 7.92. The summed E-state index contributed by atoms with van der Waals surface area (Å²) < 4.78 is 30.6. The Hall–Kier alpha value is -2.10. The van der Waals surface area contributed by atoms with E-state index in [-0.39, 0.29) is 17.0 Å². The molecule has 0 aromatic carbocycles. The number of imidazole rings is 1. The topological polar surface area (TPSA) is 126 Å². The van der Waals surface area contributed by atoms with E-state index in [4.69, 9.17) is 4.74 Å². The van der Waals surface area contributed by atoms with E-state index in [1.54, 1.807) is 6.92 Å². The minimum Gasteiger partial charge on any atom is -0.463 e. The quantitative estimate of drug-likeness (QED) is 0.677. The van der Waals surface area contributed by atoms with Crippen LogP contribution >= 0.6 is 0 Å². The number of sulfonamides is 1. The summed E-state index contributed by atoms with van der Waals surface area (Å²) in [6, 6.07) is 0.0785. The van der Waals surface area contributed by atoms with Gasteiger partial charge in [0.1, 0.15) is 0 Å². The van der Waals surface area contributed by atoms with E-state index < -0.39 is 10.0 Å². The van der Waals surface area contributed by atoms with Crippen molar-refractivity contribution in [3.05, 3.63) is 12.5 Å². The Balaban J connectivity index is 2.15. The third-order valence-corrected chi connectivity index (χ3v) is 3.00. The normalized spacial score (nSPS) is 11.4. The Labute approximate surface area is 96.7 Å². The van der Waals surface area contributed by atoms with Gasteiger partial charge < -0.3 is 9.72 Å². The number of aromatic nitrogens is 5. The third kappa shape index (κ3) is 2.53. The lowest BCUT2D eigenvalue weighted by atomic mass is 10.9. The summed E-state index contributed by atoms with van der Waals surface area (Å²) >= 11 is 0. The maximum absolute atomic E-state index is 11.7. The zero-order chi connectivity index (χ0) is 12.3. The minimum atomic E-state index is -3.73. The molecule has 0 aliphatic heterocycles. The van der Waals surface area contributed by atoms with Crippen LogP contribution in [0.2, 0.25) is 0 Å². The van der Waals surface area contributed by atoms with Crippen molar-refractivity contribution in [2.75, 3.05) is 11.3 Å². The molecule has 0 fully saturated rings. The Morgan fingerprint density at radius 2 is 2.35 bits per heavy atom. The first-order chi connectivity index (χ1) is 8.12. The van der Waals surface area contributed by atoms with E-state index in [0.29, 0.717) is 6.61 Å². The van der Waals surface area contributed by atoms with Crippen LogP contribution in [0.25, 0.3) is 0 Å². The average molecular weight is 258 g/mol. The summed E-state index contributed by atoms with van der Waals surface area (Å²) in [5.41, 5.74) is 0. The molecule has 9 nitrogen and oxygen atoms in total. The molecule has 0 spiro atoms. The van der Waals surface area contributed by atoms with Gasteiger partial charge in [-0.05, 0) is 6.92 Å². The Kier molecular flexibility index (Phi) is 2.95. The molecule has 92 valence electrons. The Bertz CT molecular complexity index is 575. The first-order valence-corrected chi connectivity index (χ1v) is 6.16. The van der Waals surface area contributed by atoms with Crippen molar-refractivity contribution < 1.29 is 13.2 Å². The molecular formula is C7H10N6O3S. The molecule has 2 heterocycles. The van der Waals surface area contributed by atoms with Crippen molar-refractivity contribution in [3.63, 3.8) is 0 Å². The predicted octanol–water partition coefficient (Wildman–Crippen LogP) is -0.273. The number of hydrogen-bond acceptors (Lipinski definition) is 6. The molecule has 0 bridgehead atoms. The SMILES string of the molecule is CCOc1n[nH]c(NS(=O)(=O)c2cnc[nH]2)n1. The highest BCUT2D eigenvalue weighted by Crippen LogP contribution is 2.11. The van der Waals surface area contributed by atoms with Crippen LogP contribution in [0.15, 0.2) is 17.6 Å². The largest absolute Gasteiger partial charge is 0.463 e. The van der Waals surface area contributed by atoms with Crippen LogP contribution < -0.4 is 9.46 Å². The lowest BCUT2D eigenvalue weighted by molar-refractivity contribution is 0.314. The zero-order valence-electron chi connectivity index (χ0n) is 8.84. The molecule has 10 heteroatoms. The third-order valence-electron chi connectivity index (χ3n) is 1.73. The molecule has 2 aromatic rings. The molecule has 2 aromatic heterocycles. The first-order valence-electron chi connectivity index (χ1n) is 4.68. The van der Waals surface area contributed by atoms with E-state index in [2.05, 4.69) is 29.9 Å². The van der Waals surface area contributed by atoms with E-state index in [1.807, 2.05) is 0 Å². The number of H-pyrrole nitrogens is 2. The second kappa shape index (κ2) is 4.41. The number of ether oxygens (including phenoxy) is 1. The zero-order valence-corrected chi connectivity index (χ0v) is 9.65. The van der Waals surface area contributed by atoms with Gasteiger partial charge in [0.25, 0.3) is 10.0 Å². The van der Waals surface area contributed by atoms with Crippen LogP contribution in [0.5, 0.6) is 6.01 Å². The molecule has 2 rings (SSSR count). The average Bonchev–Trinajstić information content (AvgIpc) is 2.88. The summed E-state index contributed by atoms with van der Waals surface area (Å²) in [5.74, 6) is -0.0250. The van der Waals surface area contributed by atoms with E-state index in [1.165, 1.54) is 12.5 Å². The fraction of sp³-hybridized carbons (Fsp3) is 0.286. The summed E-state index contributed by atoms with van der Waals surface area (Å²) in [6.45, 7) is 2.16. The fourth-order valence-corrected chi connectivity index (χ4v) is 1.92. The van der Waals surface area contributed by atoms with Crippen LogP contribution in [-0.2, 0) is 10.0 Å². The van der Waals surface area contributed by atoms with Gasteiger partial charge in [-0.25, -0.2) is 14.8 Å². The van der Waals surface area contributed by atoms with E-state index in [9.17, 15) is 8.42 Å². The summed E-state index contributed by atoms with van der Waals surface area (Å²) in [6.07, 6.45) is 2.45. The highest BCUT2D eigenvalue weighted by atomic mass is 32.2. The molecule has 0 atom stereocenters. The second-order valence-corrected chi connectivity index (χ2v) is 4.57. The highest BCUT2D eigenvalue weighted by Gasteiger charge is 2.17. The molecule has 0 aliphatic rings. The molecule has 3 N–H and O–H groups in total. The van der Waals surface area contributed by atoms with Crippen molar-refractivity contribution >= 4 is 16.0 Å². The standard InChI is InChI=1S/C7H10N6O3S/c1-2-16-7-10-6(11-12-7)13-17(14,15)5-3-8-4-9-5/h3-4H,2H2,1H3,(H,8,9)(H2,10,11,12,13). The maximum atomic E-state index is 11.7. The van der Waals surface area contributed by atoms with Crippen LogP contribution in [-0.4, -0.2) is 40.2 Å². The van der Waals surface area contributed by atoms with Gasteiger partial charge in [-0.2, -0.15) is 13.4 Å². The maximum Gasteiger partial charge on any atom is 0.337 e. The van der Waals surface area contributed by atoms with Crippen molar-refractivity contribution in [2.24, 2.45) is 0 Å². The molecule has 0 radical (unpaired) electrons. The van der Waals surface area contributed by atoms with Gasteiger partial charge in [-0.1, -0.05) is 0 Å². The van der Waals surface area contributed by atoms with Crippen molar-refractivity contribution in [3.8, 4) is 6.01 Å². The molecule has 0 unspecified atom stereocenters. The van der Waals surface area contributed by atoms with Gasteiger partial charge in [0.15, 0.2) is 5.03 Å². The van der Waals surface area contributed by atoms with Gasteiger partial charge in [0.05, 0.1) is 19.1 Å². The smallest absolute Gasteiger partial charge is 0.337 e. The molecule has 17 heavy (non-hydrogen) atoms. The molecular weight excluding hydrogens is 248 g/mol. The van der Waals surface area contributed by atoms with Gasteiger partial charge in [0.2, 0.25) is 5.95 Å². The van der Waals surface area contributed by atoms with Crippen molar-refractivity contribution in [2.45, 2.75) is 11.9 Å². The molecule has 0 aliphatic carbocycles. The Morgan fingerprint density at radius 1 is 1.53 bits per heavy atom. The molecule has 0 amide bonds. The van der Waals surface area contributed by atoms with E-state index in [0.717, 1.165) is 0 Å². The van der Waals surface area contributed by atoms with Gasteiger partial charge in [-0.15, -0.1) is 5.10 Å². The van der Waals surface area contributed by atoms with Gasteiger partial charge in [-0.3, -0.25) is 0 Å².